The number of carboxylic acid groups (broad SMARTS) is 1. The normalized spacial score (nSPS) is 10.2. The number of nitrogens with zero attached hydrogens (tertiary/aromatic N) is 1. The van der Waals surface area contributed by atoms with Crippen LogP contribution in [0.2, 0.25) is 0 Å². The highest BCUT2D eigenvalue weighted by Crippen LogP contribution is 2.19. The maximum Gasteiger partial charge on any atom is 0.303 e. The molecule has 0 radical (unpaired) electrons. The number of aliphatic carboxylic acids is 1. The van der Waals surface area contributed by atoms with E-state index in [0.717, 1.165) is 11.0 Å². The second-order valence-electron chi connectivity index (χ2n) is 3.80. The van der Waals surface area contributed by atoms with Gasteiger partial charge >= 0.3 is 5.97 Å². The number of anilines is 1. The van der Waals surface area contributed by atoms with Gasteiger partial charge in [0.05, 0.1) is 5.69 Å². The zero-order valence-corrected chi connectivity index (χ0v) is 9.82. The quantitative estimate of drug-likeness (QED) is 0.879. The predicted octanol–water partition coefficient (Wildman–Crippen LogP) is 2.18. The molecule has 0 aromatic heterocycles. The van der Waals surface area contributed by atoms with Gasteiger partial charge in [0.15, 0.2) is 0 Å². The summed E-state index contributed by atoms with van der Waals surface area (Å²) < 4.78 is 26.1. The molecule has 0 atom stereocenters. The van der Waals surface area contributed by atoms with Crippen molar-refractivity contribution in [2.24, 2.45) is 0 Å². The van der Waals surface area contributed by atoms with Crippen LogP contribution in [0.1, 0.15) is 19.3 Å². The van der Waals surface area contributed by atoms with E-state index < -0.39 is 23.5 Å². The molecular weight excluding hydrogens is 244 g/mol. The van der Waals surface area contributed by atoms with Crippen molar-refractivity contribution in [2.75, 3.05) is 11.9 Å². The highest BCUT2D eigenvalue weighted by Gasteiger charge is 2.15. The third-order valence-electron chi connectivity index (χ3n) is 2.43. The van der Waals surface area contributed by atoms with Gasteiger partial charge in [0.1, 0.15) is 11.6 Å². The summed E-state index contributed by atoms with van der Waals surface area (Å²) >= 11 is 0. The molecule has 18 heavy (non-hydrogen) atoms. The summed E-state index contributed by atoms with van der Waals surface area (Å²) in [4.78, 5) is 23.0. The van der Waals surface area contributed by atoms with Gasteiger partial charge < -0.3 is 10.0 Å². The van der Waals surface area contributed by atoms with Crippen LogP contribution in [-0.2, 0) is 9.59 Å². The molecule has 0 aliphatic carbocycles. The number of rotatable bonds is 5. The van der Waals surface area contributed by atoms with Crippen molar-refractivity contribution in [3.8, 4) is 0 Å². The molecule has 1 aromatic carbocycles. The maximum absolute atomic E-state index is 13.4. The summed E-state index contributed by atoms with van der Waals surface area (Å²) in [5.41, 5.74) is -0.0308. The van der Waals surface area contributed by atoms with Crippen LogP contribution < -0.4 is 4.90 Å². The highest BCUT2D eigenvalue weighted by molar-refractivity contribution is 5.93. The largest absolute Gasteiger partial charge is 0.481 e. The summed E-state index contributed by atoms with van der Waals surface area (Å²) in [5, 5.41) is 8.43. The van der Waals surface area contributed by atoms with Gasteiger partial charge in [-0.25, -0.2) is 8.78 Å². The average Bonchev–Trinajstić information content (AvgIpc) is 2.27. The van der Waals surface area contributed by atoms with Crippen molar-refractivity contribution in [1.29, 1.82) is 0 Å². The van der Waals surface area contributed by atoms with Gasteiger partial charge in [-0.3, -0.25) is 9.59 Å². The van der Waals surface area contributed by atoms with Crippen molar-refractivity contribution < 1.29 is 23.5 Å². The Hall–Kier alpha value is -1.98. The molecule has 4 nitrogen and oxygen atoms in total. The van der Waals surface area contributed by atoms with Crippen LogP contribution in [0.4, 0.5) is 14.5 Å². The summed E-state index contributed by atoms with van der Waals surface area (Å²) in [7, 11) is 1.36. The lowest BCUT2D eigenvalue weighted by atomic mass is 10.2. The Kier molecular flexibility index (Phi) is 4.76. The van der Waals surface area contributed by atoms with Gasteiger partial charge in [0.25, 0.3) is 0 Å². The minimum absolute atomic E-state index is 0.000381. The van der Waals surface area contributed by atoms with Crippen LogP contribution in [0, 0.1) is 11.6 Å². The molecule has 1 rings (SSSR count). The third-order valence-corrected chi connectivity index (χ3v) is 2.43. The number of amides is 1. The van der Waals surface area contributed by atoms with Crippen LogP contribution in [0.3, 0.4) is 0 Å². The first-order valence-electron chi connectivity index (χ1n) is 5.35. The fraction of sp³-hybridized carbons (Fsp3) is 0.333. The van der Waals surface area contributed by atoms with Gasteiger partial charge in [-0.05, 0) is 18.6 Å². The lowest BCUT2D eigenvalue weighted by Crippen LogP contribution is -2.27. The molecule has 1 aromatic rings. The summed E-state index contributed by atoms with van der Waals surface area (Å²) in [6.07, 6.45) is 0.0619. The van der Waals surface area contributed by atoms with E-state index in [0.29, 0.717) is 6.07 Å². The minimum Gasteiger partial charge on any atom is -0.481 e. The Morgan fingerprint density at radius 3 is 2.50 bits per heavy atom. The number of hydrogen-bond donors (Lipinski definition) is 1. The molecule has 6 heteroatoms. The van der Waals surface area contributed by atoms with Gasteiger partial charge in [0.2, 0.25) is 5.91 Å². The Morgan fingerprint density at radius 2 is 1.94 bits per heavy atom. The van der Waals surface area contributed by atoms with Crippen LogP contribution >= 0.6 is 0 Å². The Balaban J connectivity index is 2.65. The number of halogens is 2. The van der Waals surface area contributed by atoms with E-state index in [2.05, 4.69) is 0 Å². The van der Waals surface area contributed by atoms with Crippen molar-refractivity contribution in [2.45, 2.75) is 19.3 Å². The molecule has 0 aliphatic heterocycles. The van der Waals surface area contributed by atoms with Crippen molar-refractivity contribution in [3.05, 3.63) is 29.8 Å². The molecule has 0 bridgehead atoms. The fourth-order valence-electron chi connectivity index (χ4n) is 1.45. The van der Waals surface area contributed by atoms with Crippen molar-refractivity contribution in [3.63, 3.8) is 0 Å². The summed E-state index contributed by atoms with van der Waals surface area (Å²) in [6.45, 7) is 0. The number of carboxylic acids is 1. The predicted molar refractivity (Wildman–Crippen MR) is 61.3 cm³/mol. The van der Waals surface area contributed by atoms with Crippen LogP contribution in [0.25, 0.3) is 0 Å². The van der Waals surface area contributed by atoms with Crippen LogP contribution in [0.15, 0.2) is 18.2 Å². The van der Waals surface area contributed by atoms with E-state index in [9.17, 15) is 18.4 Å². The van der Waals surface area contributed by atoms with E-state index in [1.165, 1.54) is 13.1 Å². The highest BCUT2D eigenvalue weighted by atomic mass is 19.1. The first kappa shape index (κ1) is 14.1. The van der Waals surface area contributed by atoms with E-state index >= 15 is 0 Å². The average molecular weight is 257 g/mol. The Morgan fingerprint density at radius 1 is 1.28 bits per heavy atom. The SMILES string of the molecule is CN(C(=O)CCCC(=O)O)c1ccc(F)cc1F. The molecule has 1 N–H and O–H groups in total. The maximum atomic E-state index is 13.4. The van der Waals surface area contributed by atoms with Gasteiger partial charge in [0, 0.05) is 26.0 Å². The number of hydrogen-bond acceptors (Lipinski definition) is 2. The zero-order valence-electron chi connectivity index (χ0n) is 9.82. The smallest absolute Gasteiger partial charge is 0.303 e. The van der Waals surface area contributed by atoms with E-state index in [1.54, 1.807) is 0 Å². The topological polar surface area (TPSA) is 57.6 Å². The molecule has 1 amide bonds. The Bertz CT molecular complexity index is 463. The van der Waals surface area contributed by atoms with E-state index in [-0.39, 0.29) is 24.9 Å². The molecule has 0 saturated carbocycles. The van der Waals surface area contributed by atoms with Gasteiger partial charge in [-0.15, -0.1) is 0 Å². The molecule has 98 valence electrons. The number of benzene rings is 1. The van der Waals surface area contributed by atoms with Gasteiger partial charge in [-0.2, -0.15) is 0 Å². The fourth-order valence-corrected chi connectivity index (χ4v) is 1.45. The Labute approximate surface area is 103 Å². The first-order valence-corrected chi connectivity index (χ1v) is 5.35. The number of carbonyl (C=O) groups excluding carboxylic acids is 1. The van der Waals surface area contributed by atoms with Crippen molar-refractivity contribution in [1.82, 2.24) is 0 Å². The van der Waals surface area contributed by atoms with E-state index in [4.69, 9.17) is 5.11 Å². The monoisotopic (exact) mass is 257 g/mol. The lowest BCUT2D eigenvalue weighted by molar-refractivity contribution is -0.137. The molecule has 0 spiro atoms. The lowest BCUT2D eigenvalue weighted by Gasteiger charge is -2.17. The molecule has 0 aliphatic rings. The first-order chi connectivity index (χ1) is 8.41. The standard InChI is InChI=1S/C12H13F2NO3/c1-15(11(16)3-2-4-12(17)18)10-6-5-8(13)7-9(10)14/h5-7H,2-4H2,1H3,(H,17,18). The van der Waals surface area contributed by atoms with E-state index in [1.807, 2.05) is 0 Å². The summed E-state index contributed by atoms with van der Waals surface area (Å²) in [5.74, 6) is -2.95. The van der Waals surface area contributed by atoms with Crippen LogP contribution in [-0.4, -0.2) is 24.0 Å². The second kappa shape index (κ2) is 6.09. The molecule has 0 fully saturated rings. The molecular formula is C12H13F2NO3. The third kappa shape index (κ3) is 3.80. The molecule has 0 heterocycles. The zero-order chi connectivity index (χ0) is 13.7. The second-order valence-corrected chi connectivity index (χ2v) is 3.80. The van der Waals surface area contributed by atoms with Crippen LogP contribution in [0.5, 0.6) is 0 Å². The minimum atomic E-state index is -0.988. The molecule has 0 saturated heterocycles. The van der Waals surface area contributed by atoms with Crippen molar-refractivity contribution >= 4 is 17.6 Å². The van der Waals surface area contributed by atoms with Gasteiger partial charge in [-0.1, -0.05) is 0 Å². The number of carbonyl (C=O) groups is 2. The summed E-state index contributed by atoms with van der Waals surface area (Å²) in [6, 6.07) is 2.91. The molecule has 0 unspecified atom stereocenters.